The first kappa shape index (κ1) is 21.1. The fraction of sp³-hybridized carbons (Fsp3) is 0.278. The second-order valence-electron chi connectivity index (χ2n) is 6.42. The largest absolute Gasteiger partial charge is 0.360 e. The van der Waals surface area contributed by atoms with Crippen LogP contribution in [0.25, 0.3) is 11.3 Å². The number of anilines is 1. The summed E-state index contributed by atoms with van der Waals surface area (Å²) in [5, 5.41) is 6.55. The minimum Gasteiger partial charge on any atom is -0.360 e. The van der Waals surface area contributed by atoms with E-state index < -0.39 is 22.0 Å². The summed E-state index contributed by atoms with van der Waals surface area (Å²) in [7, 11) is -3.98. The first-order valence-corrected chi connectivity index (χ1v) is 10.9. The van der Waals surface area contributed by atoms with Gasteiger partial charge >= 0.3 is 0 Å². The predicted molar refractivity (Wildman–Crippen MR) is 107 cm³/mol. The number of sulfonamides is 1. The lowest BCUT2D eigenvalue weighted by Gasteiger charge is -2.13. The van der Waals surface area contributed by atoms with Gasteiger partial charge in [0.25, 0.3) is 0 Å². The van der Waals surface area contributed by atoms with Crippen LogP contribution in [0.4, 0.5) is 9.52 Å². The van der Waals surface area contributed by atoms with Gasteiger partial charge in [0.2, 0.25) is 15.9 Å². The van der Waals surface area contributed by atoms with Crippen molar-refractivity contribution in [1.82, 2.24) is 14.9 Å². The molecule has 2 N–H and O–H groups in total. The van der Waals surface area contributed by atoms with Crippen LogP contribution in [-0.2, 0) is 14.8 Å². The molecular formula is C18H19FN4O4S2. The Bertz CT molecular complexity index is 1130. The normalized spacial score (nSPS) is 12.7. The zero-order valence-electron chi connectivity index (χ0n) is 16.1. The molecule has 0 aliphatic heterocycles. The highest BCUT2D eigenvalue weighted by Crippen LogP contribution is 2.30. The van der Waals surface area contributed by atoms with Crippen LogP contribution in [0.15, 0.2) is 33.7 Å². The van der Waals surface area contributed by atoms with Crippen molar-refractivity contribution >= 4 is 32.4 Å². The number of hydrogen-bond acceptors (Lipinski definition) is 7. The molecule has 8 nitrogen and oxygen atoms in total. The summed E-state index contributed by atoms with van der Waals surface area (Å²) in [4.78, 5) is 17.6. The molecule has 3 rings (SSSR count). The van der Waals surface area contributed by atoms with Gasteiger partial charge < -0.3 is 9.84 Å². The van der Waals surface area contributed by atoms with Crippen LogP contribution in [0.5, 0.6) is 0 Å². The molecular weight excluding hydrogens is 419 g/mol. The summed E-state index contributed by atoms with van der Waals surface area (Å²) in [5.41, 5.74) is 1.55. The molecule has 1 amide bonds. The summed E-state index contributed by atoms with van der Waals surface area (Å²) in [6.07, 6.45) is 0. The maximum atomic E-state index is 13.1. The molecule has 1 aromatic carbocycles. The Morgan fingerprint density at radius 2 is 1.86 bits per heavy atom. The Labute approximate surface area is 171 Å². The SMILES string of the molecule is Cc1noc(C)c1S(=O)(=O)N[C@@H](C)C(=O)Nc1nc(-c2ccc(F)cc2)c(C)s1. The summed E-state index contributed by atoms with van der Waals surface area (Å²) in [5.74, 6) is -0.781. The molecule has 154 valence electrons. The van der Waals surface area contributed by atoms with Crippen molar-refractivity contribution in [2.24, 2.45) is 0 Å². The van der Waals surface area contributed by atoms with Crippen molar-refractivity contribution in [2.75, 3.05) is 5.32 Å². The average Bonchev–Trinajstić information content (AvgIpc) is 3.17. The quantitative estimate of drug-likeness (QED) is 0.611. The van der Waals surface area contributed by atoms with Crippen molar-refractivity contribution in [3.63, 3.8) is 0 Å². The topological polar surface area (TPSA) is 114 Å². The molecule has 0 bridgehead atoms. The van der Waals surface area contributed by atoms with E-state index in [1.54, 1.807) is 12.1 Å². The maximum absolute atomic E-state index is 13.1. The third kappa shape index (κ3) is 4.52. The monoisotopic (exact) mass is 438 g/mol. The Hall–Kier alpha value is -2.63. The number of carbonyl (C=O) groups excluding carboxylic acids is 1. The van der Waals surface area contributed by atoms with Gasteiger partial charge in [0.05, 0.1) is 11.7 Å². The lowest BCUT2D eigenvalue weighted by atomic mass is 10.1. The molecule has 0 aliphatic carbocycles. The molecule has 0 saturated carbocycles. The van der Waals surface area contributed by atoms with Gasteiger partial charge in [-0.2, -0.15) is 4.72 Å². The fourth-order valence-corrected chi connectivity index (χ4v) is 5.11. The highest BCUT2D eigenvalue weighted by atomic mass is 32.2. The highest BCUT2D eigenvalue weighted by molar-refractivity contribution is 7.89. The molecule has 3 aromatic rings. The fourth-order valence-electron chi connectivity index (χ4n) is 2.74. The summed E-state index contributed by atoms with van der Waals surface area (Å²) >= 11 is 1.24. The Morgan fingerprint density at radius 3 is 2.45 bits per heavy atom. The highest BCUT2D eigenvalue weighted by Gasteiger charge is 2.28. The van der Waals surface area contributed by atoms with E-state index in [1.807, 2.05) is 6.92 Å². The van der Waals surface area contributed by atoms with Crippen molar-refractivity contribution in [3.05, 3.63) is 46.4 Å². The Balaban J connectivity index is 1.73. The summed E-state index contributed by atoms with van der Waals surface area (Å²) in [6.45, 7) is 6.24. The van der Waals surface area contributed by atoms with Gasteiger partial charge in [0.1, 0.15) is 16.4 Å². The van der Waals surface area contributed by atoms with Gasteiger partial charge in [-0.15, -0.1) is 11.3 Å². The van der Waals surface area contributed by atoms with Crippen LogP contribution in [0.1, 0.15) is 23.3 Å². The van der Waals surface area contributed by atoms with Gasteiger partial charge in [-0.1, -0.05) is 5.16 Å². The Kier molecular flexibility index (Phi) is 5.82. The number of aromatic nitrogens is 2. The van der Waals surface area contributed by atoms with Gasteiger partial charge in [0, 0.05) is 10.4 Å². The number of hydrogen-bond donors (Lipinski definition) is 2. The van der Waals surface area contributed by atoms with Crippen molar-refractivity contribution in [1.29, 1.82) is 0 Å². The van der Waals surface area contributed by atoms with Gasteiger partial charge in [0.15, 0.2) is 10.9 Å². The minimum atomic E-state index is -3.98. The van der Waals surface area contributed by atoms with Crippen molar-refractivity contribution < 1.29 is 22.1 Å². The zero-order valence-corrected chi connectivity index (χ0v) is 17.7. The number of carbonyl (C=O) groups is 1. The first-order chi connectivity index (χ1) is 13.6. The average molecular weight is 439 g/mol. The summed E-state index contributed by atoms with van der Waals surface area (Å²) in [6, 6.07) is 4.80. The lowest BCUT2D eigenvalue weighted by Crippen LogP contribution is -2.41. The second kappa shape index (κ2) is 8.01. The number of aryl methyl sites for hydroxylation is 3. The molecule has 0 fully saturated rings. The molecule has 0 radical (unpaired) electrons. The number of halogens is 1. The molecule has 0 unspecified atom stereocenters. The van der Waals surface area contributed by atoms with Crippen LogP contribution in [-0.4, -0.2) is 30.5 Å². The van der Waals surface area contributed by atoms with E-state index in [1.165, 1.54) is 44.2 Å². The molecule has 11 heteroatoms. The van der Waals surface area contributed by atoms with Crippen LogP contribution in [0.3, 0.4) is 0 Å². The summed E-state index contributed by atoms with van der Waals surface area (Å²) < 4.78 is 45.4. The van der Waals surface area contributed by atoms with E-state index in [4.69, 9.17) is 4.52 Å². The molecule has 2 aromatic heterocycles. The maximum Gasteiger partial charge on any atom is 0.246 e. The van der Waals surface area contributed by atoms with Crippen LogP contribution in [0, 0.1) is 26.6 Å². The number of benzene rings is 1. The first-order valence-electron chi connectivity index (χ1n) is 8.58. The van der Waals surface area contributed by atoms with Gasteiger partial charge in [-0.25, -0.2) is 17.8 Å². The number of nitrogens with one attached hydrogen (secondary N) is 2. The number of rotatable bonds is 6. The van der Waals surface area contributed by atoms with Crippen LogP contribution < -0.4 is 10.0 Å². The standard InChI is InChI=1S/C18H19FN4O4S2/c1-9-16(11(3)27-22-9)29(25,26)23-10(2)17(24)21-18-20-15(12(4)28-18)13-5-7-14(19)8-6-13/h5-8,10,23H,1-4H3,(H,20,21,24)/t10-/m0/s1. The zero-order chi connectivity index (χ0) is 21.3. The van der Waals surface area contributed by atoms with Crippen molar-refractivity contribution in [3.8, 4) is 11.3 Å². The van der Waals surface area contributed by atoms with Gasteiger partial charge in [-0.3, -0.25) is 4.79 Å². The molecule has 2 heterocycles. The predicted octanol–water partition coefficient (Wildman–Crippen LogP) is 3.17. The smallest absolute Gasteiger partial charge is 0.246 e. The van der Waals surface area contributed by atoms with E-state index in [0.29, 0.717) is 16.4 Å². The molecule has 1 atom stereocenters. The Morgan fingerprint density at radius 1 is 1.21 bits per heavy atom. The number of amides is 1. The second-order valence-corrected chi connectivity index (χ2v) is 9.27. The lowest BCUT2D eigenvalue weighted by molar-refractivity contribution is -0.117. The van der Waals surface area contributed by atoms with E-state index in [-0.39, 0.29) is 22.2 Å². The van der Waals surface area contributed by atoms with Gasteiger partial charge in [-0.05, 0) is 52.0 Å². The van der Waals surface area contributed by atoms with E-state index in [2.05, 4.69) is 20.2 Å². The minimum absolute atomic E-state index is 0.0826. The molecule has 0 spiro atoms. The van der Waals surface area contributed by atoms with Crippen LogP contribution >= 0.6 is 11.3 Å². The molecule has 0 aliphatic rings. The van der Waals surface area contributed by atoms with E-state index in [0.717, 1.165) is 4.88 Å². The van der Waals surface area contributed by atoms with E-state index in [9.17, 15) is 17.6 Å². The molecule has 29 heavy (non-hydrogen) atoms. The van der Waals surface area contributed by atoms with Crippen molar-refractivity contribution in [2.45, 2.75) is 38.6 Å². The van der Waals surface area contributed by atoms with E-state index >= 15 is 0 Å². The third-order valence-electron chi connectivity index (χ3n) is 4.11. The third-order valence-corrected chi connectivity index (χ3v) is 6.78. The number of nitrogens with zero attached hydrogens (tertiary/aromatic N) is 2. The molecule has 0 saturated heterocycles. The number of thiazole rings is 1. The van der Waals surface area contributed by atoms with Crippen LogP contribution in [0.2, 0.25) is 0 Å².